The number of anilines is 1. The smallest absolute Gasteiger partial charge is 0.264 e. The number of carbonyl (C=O) groups is 1. The number of benzene rings is 2. The number of hydrogen-bond acceptors (Lipinski definition) is 6. The zero-order valence-corrected chi connectivity index (χ0v) is 14.9. The van der Waals surface area contributed by atoms with Crippen LogP contribution in [-0.4, -0.2) is 30.9 Å². The quantitative estimate of drug-likeness (QED) is 0.672. The molecule has 0 radical (unpaired) electrons. The largest absolute Gasteiger partial charge is 0.493 e. The van der Waals surface area contributed by atoms with Crippen molar-refractivity contribution in [1.29, 1.82) is 0 Å². The van der Waals surface area contributed by atoms with E-state index in [1.54, 1.807) is 31.0 Å². The Morgan fingerprint density at radius 2 is 2.04 bits per heavy atom. The molecule has 1 heterocycles. The van der Waals surface area contributed by atoms with Gasteiger partial charge in [-0.15, -0.1) is 11.8 Å². The second-order valence-corrected chi connectivity index (χ2v) is 6.75. The maximum absolute atomic E-state index is 12.1. The van der Waals surface area contributed by atoms with Crippen LogP contribution in [-0.2, 0) is 4.79 Å². The summed E-state index contributed by atoms with van der Waals surface area (Å²) in [7, 11) is 1.56. The average molecular weight is 360 g/mol. The number of nitrogens with one attached hydrogen (secondary N) is 1. The second-order valence-electron chi connectivity index (χ2n) is 4.84. The Morgan fingerprint density at radius 1 is 1.25 bits per heavy atom. The summed E-state index contributed by atoms with van der Waals surface area (Å²) in [6.45, 7) is -0.105. The van der Waals surface area contributed by atoms with Gasteiger partial charge in [-0.25, -0.2) is 4.98 Å². The first-order valence-corrected chi connectivity index (χ1v) is 9.24. The van der Waals surface area contributed by atoms with Gasteiger partial charge in [-0.3, -0.25) is 10.1 Å². The molecular formula is C17H16N2O3S2. The lowest BCUT2D eigenvalue weighted by atomic mass is 10.3. The Morgan fingerprint density at radius 3 is 2.79 bits per heavy atom. The molecule has 0 aliphatic heterocycles. The molecule has 24 heavy (non-hydrogen) atoms. The van der Waals surface area contributed by atoms with Crippen molar-refractivity contribution in [3.63, 3.8) is 0 Å². The van der Waals surface area contributed by atoms with Crippen molar-refractivity contribution in [2.45, 2.75) is 4.90 Å². The standard InChI is InChI=1S/C17H16N2O3S2/c1-21-13-5-3-4-6-14(13)22-10-16(20)19-17-18-12-8-7-11(23-2)9-15(12)24-17/h3-9H,10H2,1-2H3,(H,18,19,20). The van der Waals surface area contributed by atoms with E-state index < -0.39 is 0 Å². The molecule has 0 saturated carbocycles. The first-order chi connectivity index (χ1) is 11.7. The Balaban J connectivity index is 1.64. The van der Waals surface area contributed by atoms with Crippen molar-refractivity contribution in [3.05, 3.63) is 42.5 Å². The number of hydrogen-bond donors (Lipinski definition) is 1. The lowest BCUT2D eigenvalue weighted by molar-refractivity contribution is -0.118. The molecule has 124 valence electrons. The maximum Gasteiger partial charge on any atom is 0.264 e. The fraction of sp³-hybridized carbons (Fsp3) is 0.176. The average Bonchev–Trinajstić information content (AvgIpc) is 3.01. The molecule has 0 saturated heterocycles. The van der Waals surface area contributed by atoms with Crippen LogP contribution in [0.5, 0.6) is 11.5 Å². The molecule has 0 atom stereocenters. The molecule has 5 nitrogen and oxygen atoms in total. The first-order valence-electron chi connectivity index (χ1n) is 7.20. The lowest BCUT2D eigenvalue weighted by Gasteiger charge is -2.09. The minimum absolute atomic E-state index is 0.105. The predicted molar refractivity (Wildman–Crippen MR) is 98.5 cm³/mol. The van der Waals surface area contributed by atoms with Gasteiger partial charge in [0.1, 0.15) is 0 Å². The molecule has 3 rings (SSSR count). The SMILES string of the molecule is COc1ccccc1OCC(=O)Nc1nc2ccc(SC)cc2s1. The van der Waals surface area contributed by atoms with Gasteiger partial charge in [-0.2, -0.15) is 0 Å². The summed E-state index contributed by atoms with van der Waals surface area (Å²) in [6, 6.07) is 13.3. The van der Waals surface area contributed by atoms with Gasteiger partial charge in [-0.1, -0.05) is 23.5 Å². The normalized spacial score (nSPS) is 10.6. The summed E-state index contributed by atoms with van der Waals surface area (Å²) >= 11 is 3.12. The molecule has 0 spiro atoms. The van der Waals surface area contributed by atoms with E-state index >= 15 is 0 Å². The highest BCUT2D eigenvalue weighted by Gasteiger charge is 2.10. The third-order valence-corrected chi connectivity index (χ3v) is 4.93. The third kappa shape index (κ3) is 3.80. The van der Waals surface area contributed by atoms with Crippen LogP contribution in [0.1, 0.15) is 0 Å². The summed E-state index contributed by atoms with van der Waals surface area (Å²) in [5.41, 5.74) is 0.874. The van der Waals surface area contributed by atoms with Crippen LogP contribution in [0.4, 0.5) is 5.13 Å². The van der Waals surface area contributed by atoms with E-state index in [0.717, 1.165) is 10.2 Å². The van der Waals surface area contributed by atoms with Gasteiger partial charge in [0.25, 0.3) is 5.91 Å². The van der Waals surface area contributed by atoms with Crippen LogP contribution >= 0.6 is 23.1 Å². The highest BCUT2D eigenvalue weighted by molar-refractivity contribution is 7.98. The molecular weight excluding hydrogens is 344 g/mol. The highest BCUT2D eigenvalue weighted by atomic mass is 32.2. The Kier molecular flexibility index (Phi) is 5.22. The summed E-state index contributed by atoms with van der Waals surface area (Å²) in [6.07, 6.45) is 2.03. The minimum atomic E-state index is -0.259. The van der Waals surface area contributed by atoms with E-state index in [0.29, 0.717) is 16.6 Å². The van der Waals surface area contributed by atoms with Crippen LogP contribution in [0.25, 0.3) is 10.2 Å². The van der Waals surface area contributed by atoms with Crippen molar-refractivity contribution in [2.75, 3.05) is 25.3 Å². The molecule has 1 amide bonds. The van der Waals surface area contributed by atoms with Crippen molar-refractivity contribution in [3.8, 4) is 11.5 Å². The van der Waals surface area contributed by atoms with E-state index in [4.69, 9.17) is 9.47 Å². The molecule has 0 fully saturated rings. The number of nitrogens with zero attached hydrogens (tertiary/aromatic N) is 1. The Labute approximate surface area is 148 Å². The van der Waals surface area contributed by atoms with E-state index in [-0.39, 0.29) is 12.5 Å². The number of rotatable bonds is 6. The van der Waals surface area contributed by atoms with Gasteiger partial charge in [-0.05, 0) is 36.6 Å². The Bertz CT molecular complexity index is 864. The number of fused-ring (bicyclic) bond motifs is 1. The predicted octanol–water partition coefficient (Wildman–Crippen LogP) is 4.04. The summed E-state index contributed by atoms with van der Waals surface area (Å²) < 4.78 is 11.7. The molecule has 1 aromatic heterocycles. The fourth-order valence-electron chi connectivity index (χ4n) is 2.12. The highest BCUT2D eigenvalue weighted by Crippen LogP contribution is 2.29. The molecule has 7 heteroatoms. The lowest BCUT2D eigenvalue weighted by Crippen LogP contribution is -2.20. The van der Waals surface area contributed by atoms with E-state index in [9.17, 15) is 4.79 Å². The van der Waals surface area contributed by atoms with Crippen molar-refractivity contribution in [1.82, 2.24) is 4.98 Å². The van der Waals surface area contributed by atoms with Gasteiger partial charge in [0, 0.05) is 4.90 Å². The molecule has 3 aromatic rings. The van der Waals surface area contributed by atoms with Crippen LogP contribution in [0.15, 0.2) is 47.4 Å². The van der Waals surface area contributed by atoms with Crippen molar-refractivity contribution < 1.29 is 14.3 Å². The van der Waals surface area contributed by atoms with Crippen LogP contribution in [0.3, 0.4) is 0 Å². The van der Waals surface area contributed by atoms with Crippen LogP contribution in [0, 0.1) is 0 Å². The number of carbonyl (C=O) groups excluding carboxylic acids is 1. The summed E-state index contributed by atoms with van der Waals surface area (Å²) in [5, 5.41) is 3.34. The van der Waals surface area contributed by atoms with Crippen LogP contribution in [0.2, 0.25) is 0 Å². The molecule has 0 unspecified atom stereocenters. The van der Waals surface area contributed by atoms with Crippen molar-refractivity contribution >= 4 is 44.4 Å². The number of para-hydroxylation sites is 2. The number of ether oxygens (including phenoxy) is 2. The summed E-state index contributed by atoms with van der Waals surface area (Å²) in [4.78, 5) is 17.7. The molecule has 0 aliphatic rings. The van der Waals surface area contributed by atoms with E-state index in [2.05, 4.69) is 16.4 Å². The van der Waals surface area contributed by atoms with Crippen molar-refractivity contribution in [2.24, 2.45) is 0 Å². The number of methoxy groups -OCH3 is 1. The van der Waals surface area contributed by atoms with Gasteiger partial charge in [0.05, 0.1) is 17.3 Å². The Hall–Kier alpha value is -2.25. The maximum atomic E-state index is 12.1. The molecule has 0 aliphatic carbocycles. The van der Waals surface area contributed by atoms with Crippen LogP contribution < -0.4 is 14.8 Å². The van der Waals surface area contributed by atoms with Gasteiger partial charge >= 0.3 is 0 Å². The molecule has 0 bridgehead atoms. The molecule has 1 N–H and O–H groups in total. The third-order valence-electron chi connectivity index (χ3n) is 3.27. The van der Waals surface area contributed by atoms with E-state index in [1.165, 1.54) is 16.2 Å². The fourth-order valence-corrected chi connectivity index (χ4v) is 3.56. The number of aromatic nitrogens is 1. The first kappa shape index (κ1) is 16.6. The van der Waals surface area contributed by atoms with Gasteiger partial charge in [0.2, 0.25) is 0 Å². The number of thioether (sulfide) groups is 1. The summed E-state index contributed by atoms with van der Waals surface area (Å²) in [5.74, 6) is 0.865. The second kappa shape index (κ2) is 7.55. The van der Waals surface area contributed by atoms with Gasteiger partial charge < -0.3 is 9.47 Å². The molecule has 2 aromatic carbocycles. The zero-order valence-electron chi connectivity index (χ0n) is 13.2. The minimum Gasteiger partial charge on any atom is -0.493 e. The topological polar surface area (TPSA) is 60.5 Å². The van der Waals surface area contributed by atoms with Gasteiger partial charge in [0.15, 0.2) is 23.2 Å². The zero-order chi connectivity index (χ0) is 16.9. The number of thiazole rings is 1. The number of amides is 1. The van der Waals surface area contributed by atoms with E-state index in [1.807, 2.05) is 30.5 Å². The monoisotopic (exact) mass is 360 g/mol.